The Morgan fingerprint density at radius 3 is 2.75 bits per heavy atom. The molecule has 6 heteroatoms. The molecule has 0 saturated heterocycles. The Morgan fingerprint density at radius 2 is 2.00 bits per heavy atom. The summed E-state index contributed by atoms with van der Waals surface area (Å²) in [5.41, 5.74) is 0.628. The molecule has 0 N–H and O–H groups in total. The molecule has 2 aromatic rings. The van der Waals surface area contributed by atoms with Crippen LogP contribution in [0.5, 0.6) is 0 Å². The average Bonchev–Trinajstić information content (AvgIpc) is 3.22. The van der Waals surface area contributed by atoms with Gasteiger partial charge in [-0.05, 0) is 37.5 Å². The monoisotopic (exact) mass is 344 g/mol. The summed E-state index contributed by atoms with van der Waals surface area (Å²) in [5, 5.41) is 9.05. The van der Waals surface area contributed by atoms with E-state index in [-0.39, 0.29) is 5.91 Å². The molecule has 1 aliphatic carbocycles. The third kappa shape index (κ3) is 2.42. The number of rotatable bonds is 2. The smallest absolute Gasteiger partial charge is 0.233 e. The molecule has 1 aromatic heterocycles. The quantitative estimate of drug-likeness (QED) is 0.841. The minimum atomic E-state index is -0.428. The molecule has 1 saturated carbocycles. The van der Waals surface area contributed by atoms with Gasteiger partial charge < -0.3 is 9.47 Å². The van der Waals surface area contributed by atoms with E-state index in [1.54, 1.807) is 0 Å². The van der Waals surface area contributed by atoms with Gasteiger partial charge in [0.1, 0.15) is 5.82 Å². The van der Waals surface area contributed by atoms with Gasteiger partial charge in [-0.1, -0.05) is 36.6 Å². The van der Waals surface area contributed by atoms with Crippen LogP contribution in [-0.2, 0) is 23.3 Å². The molecule has 0 bridgehead atoms. The maximum absolute atomic E-state index is 13.5. The first-order chi connectivity index (χ1) is 11.6. The predicted octanol–water partition coefficient (Wildman–Crippen LogP) is 3.09. The van der Waals surface area contributed by atoms with Crippen molar-refractivity contribution in [3.05, 3.63) is 46.5 Å². The molecule has 4 rings (SSSR count). The number of carbonyl (C=O) groups excluding carboxylic acids is 1. The standard InChI is InChI=1S/C18H21ClN4O/c1-13-20-21-16-12-22(9-10-23(13)16)17(24)18(7-2-3-8-18)14-5-4-6-15(19)11-14/h4-6,11H,2-3,7-10,12H2,1H3. The first-order valence-electron chi connectivity index (χ1n) is 8.54. The van der Waals surface area contributed by atoms with Gasteiger partial charge in [-0.15, -0.1) is 10.2 Å². The molecule has 0 spiro atoms. The third-order valence-electron chi connectivity index (χ3n) is 5.47. The van der Waals surface area contributed by atoms with Gasteiger partial charge in [0, 0.05) is 18.1 Å². The van der Waals surface area contributed by atoms with Crippen LogP contribution in [0.3, 0.4) is 0 Å². The van der Waals surface area contributed by atoms with E-state index in [4.69, 9.17) is 11.6 Å². The predicted molar refractivity (Wildman–Crippen MR) is 91.8 cm³/mol. The summed E-state index contributed by atoms with van der Waals surface area (Å²) in [6.45, 7) is 3.99. The van der Waals surface area contributed by atoms with Crippen LogP contribution in [0.1, 0.15) is 42.9 Å². The number of amides is 1. The Labute approximate surface area is 146 Å². The summed E-state index contributed by atoms with van der Waals surface area (Å²) in [6.07, 6.45) is 3.96. The maximum Gasteiger partial charge on any atom is 0.233 e. The van der Waals surface area contributed by atoms with Gasteiger partial charge in [-0.25, -0.2) is 0 Å². The molecular formula is C18H21ClN4O. The second-order valence-electron chi connectivity index (χ2n) is 6.84. The normalized spacial score (nSPS) is 19.3. The zero-order valence-electron chi connectivity index (χ0n) is 13.8. The van der Waals surface area contributed by atoms with E-state index in [0.717, 1.165) is 49.4 Å². The molecule has 126 valence electrons. The number of fused-ring (bicyclic) bond motifs is 1. The number of carbonyl (C=O) groups is 1. The van der Waals surface area contributed by atoms with Crippen LogP contribution in [0.25, 0.3) is 0 Å². The van der Waals surface area contributed by atoms with Crippen LogP contribution in [0.15, 0.2) is 24.3 Å². The van der Waals surface area contributed by atoms with Gasteiger partial charge in [0.05, 0.1) is 12.0 Å². The lowest BCUT2D eigenvalue weighted by atomic mass is 9.77. The SMILES string of the molecule is Cc1nnc2n1CCN(C(=O)C1(c3cccc(Cl)c3)CCCC1)C2. The lowest BCUT2D eigenvalue weighted by Gasteiger charge is -2.37. The van der Waals surface area contributed by atoms with Crippen molar-refractivity contribution in [2.45, 2.75) is 51.1 Å². The topological polar surface area (TPSA) is 51.0 Å². The second-order valence-corrected chi connectivity index (χ2v) is 7.28. The van der Waals surface area contributed by atoms with Crippen LogP contribution >= 0.6 is 11.6 Å². The molecule has 0 atom stereocenters. The largest absolute Gasteiger partial charge is 0.333 e. The molecule has 2 aliphatic rings. The first-order valence-corrected chi connectivity index (χ1v) is 8.92. The second kappa shape index (κ2) is 5.88. The maximum atomic E-state index is 13.5. The number of hydrogen-bond donors (Lipinski definition) is 0. The van der Waals surface area contributed by atoms with E-state index in [2.05, 4.69) is 14.8 Å². The zero-order valence-corrected chi connectivity index (χ0v) is 14.6. The van der Waals surface area contributed by atoms with Crippen LogP contribution in [0, 0.1) is 6.92 Å². The van der Waals surface area contributed by atoms with Gasteiger partial charge in [0.2, 0.25) is 5.91 Å². The molecular weight excluding hydrogens is 324 g/mol. The number of nitrogens with zero attached hydrogens (tertiary/aromatic N) is 4. The highest BCUT2D eigenvalue weighted by molar-refractivity contribution is 6.30. The molecule has 24 heavy (non-hydrogen) atoms. The summed E-state index contributed by atoms with van der Waals surface area (Å²) < 4.78 is 2.10. The highest BCUT2D eigenvalue weighted by Crippen LogP contribution is 2.43. The van der Waals surface area contributed by atoms with E-state index >= 15 is 0 Å². The van der Waals surface area contributed by atoms with Crippen molar-refractivity contribution in [2.75, 3.05) is 6.54 Å². The van der Waals surface area contributed by atoms with Crippen LogP contribution in [0.4, 0.5) is 0 Å². The third-order valence-corrected chi connectivity index (χ3v) is 5.70. The highest BCUT2D eigenvalue weighted by atomic mass is 35.5. The van der Waals surface area contributed by atoms with Gasteiger partial charge in [-0.2, -0.15) is 0 Å². The van der Waals surface area contributed by atoms with E-state index < -0.39 is 5.41 Å². The van der Waals surface area contributed by atoms with Gasteiger partial charge in [-0.3, -0.25) is 4.79 Å². The van der Waals surface area contributed by atoms with Crippen LogP contribution in [0.2, 0.25) is 5.02 Å². The summed E-state index contributed by atoms with van der Waals surface area (Å²) in [6, 6.07) is 7.82. The number of aromatic nitrogens is 3. The molecule has 0 radical (unpaired) electrons. The number of aryl methyl sites for hydroxylation is 1. The Morgan fingerprint density at radius 1 is 1.21 bits per heavy atom. The molecule has 0 unspecified atom stereocenters. The summed E-state index contributed by atoms with van der Waals surface area (Å²) in [5.74, 6) is 2.02. The molecule has 1 fully saturated rings. The fourth-order valence-electron chi connectivity index (χ4n) is 4.17. The van der Waals surface area contributed by atoms with Gasteiger partial charge in [0.15, 0.2) is 5.82 Å². The van der Waals surface area contributed by atoms with Gasteiger partial charge in [0.25, 0.3) is 0 Å². The molecule has 2 heterocycles. The Hall–Kier alpha value is -1.88. The minimum absolute atomic E-state index is 0.217. The van der Waals surface area contributed by atoms with E-state index in [9.17, 15) is 4.79 Å². The van der Waals surface area contributed by atoms with Crippen molar-refractivity contribution < 1.29 is 4.79 Å². The molecule has 1 amide bonds. The van der Waals surface area contributed by atoms with Crippen molar-refractivity contribution in [1.29, 1.82) is 0 Å². The fourth-order valence-corrected chi connectivity index (χ4v) is 4.36. The Balaban J connectivity index is 1.66. The Kier molecular flexibility index (Phi) is 3.83. The summed E-state index contributed by atoms with van der Waals surface area (Å²) >= 11 is 6.20. The highest BCUT2D eigenvalue weighted by Gasteiger charge is 2.45. The van der Waals surface area contributed by atoms with Crippen molar-refractivity contribution in [3.8, 4) is 0 Å². The summed E-state index contributed by atoms with van der Waals surface area (Å²) in [7, 11) is 0. The first kappa shape index (κ1) is 15.6. The van der Waals surface area contributed by atoms with Gasteiger partial charge >= 0.3 is 0 Å². The fraction of sp³-hybridized carbons (Fsp3) is 0.500. The number of benzene rings is 1. The van der Waals surface area contributed by atoms with Crippen molar-refractivity contribution >= 4 is 17.5 Å². The van der Waals surface area contributed by atoms with E-state index in [1.807, 2.05) is 36.1 Å². The van der Waals surface area contributed by atoms with E-state index in [0.29, 0.717) is 18.1 Å². The molecule has 1 aliphatic heterocycles. The average molecular weight is 345 g/mol. The van der Waals surface area contributed by atoms with Crippen molar-refractivity contribution in [2.24, 2.45) is 0 Å². The lowest BCUT2D eigenvalue weighted by Crippen LogP contribution is -2.48. The number of hydrogen-bond acceptors (Lipinski definition) is 3. The Bertz CT molecular complexity index is 779. The summed E-state index contributed by atoms with van der Waals surface area (Å²) in [4.78, 5) is 15.4. The lowest BCUT2D eigenvalue weighted by molar-refractivity contribution is -0.139. The van der Waals surface area contributed by atoms with Crippen molar-refractivity contribution in [3.63, 3.8) is 0 Å². The minimum Gasteiger partial charge on any atom is -0.333 e. The molecule has 5 nitrogen and oxygen atoms in total. The van der Waals surface area contributed by atoms with E-state index in [1.165, 1.54) is 0 Å². The molecule has 1 aromatic carbocycles. The van der Waals surface area contributed by atoms with Crippen molar-refractivity contribution in [1.82, 2.24) is 19.7 Å². The number of halogens is 1. The zero-order chi connectivity index (χ0) is 16.7. The van der Waals surface area contributed by atoms with Crippen LogP contribution < -0.4 is 0 Å². The van der Waals surface area contributed by atoms with Crippen LogP contribution in [-0.4, -0.2) is 32.1 Å².